The normalized spacial score (nSPS) is 11.7. The quantitative estimate of drug-likeness (QED) is 0.391. The van der Waals surface area contributed by atoms with Gasteiger partial charge in [-0.2, -0.15) is 0 Å². The second kappa shape index (κ2) is 14.3. The van der Waals surface area contributed by atoms with Crippen molar-refractivity contribution in [1.82, 2.24) is 4.90 Å². The van der Waals surface area contributed by atoms with Crippen molar-refractivity contribution >= 4 is 0 Å². The average Bonchev–Trinajstić information content (AvgIpc) is 2.38. The Morgan fingerprint density at radius 3 is 1.50 bits per heavy atom. The molecule has 1 nitrogen and oxygen atoms in total. The molecule has 0 spiro atoms. The van der Waals surface area contributed by atoms with E-state index >= 15 is 0 Å². The maximum Gasteiger partial charge on any atom is 0.0106 e. The van der Waals surface area contributed by atoms with Gasteiger partial charge in [-0.05, 0) is 38.1 Å². The van der Waals surface area contributed by atoms with Gasteiger partial charge in [0.15, 0.2) is 0 Å². The van der Waals surface area contributed by atoms with Crippen LogP contribution >= 0.6 is 0 Å². The maximum absolute atomic E-state index is 2.29. The minimum atomic E-state index is 1.22. The van der Waals surface area contributed by atoms with E-state index in [-0.39, 0.29) is 0 Å². The molecule has 0 N–H and O–H groups in total. The van der Waals surface area contributed by atoms with Gasteiger partial charge >= 0.3 is 0 Å². The lowest BCUT2D eigenvalue weighted by atomic mass is 10.1. The van der Waals surface area contributed by atoms with Crippen molar-refractivity contribution < 1.29 is 0 Å². The fraction of sp³-hybridized carbons (Fsp3) is 0.765. The standard InChI is InChI=1S/C17H33N/c1-4-6-8-10-12-14-16-18(3)17-15-13-11-9-7-5-2/h14-17H,4-13H2,1-3H3. The fourth-order valence-corrected chi connectivity index (χ4v) is 1.91. The first-order valence-corrected chi connectivity index (χ1v) is 7.86. The number of allylic oxidation sites excluding steroid dienone is 2. The van der Waals surface area contributed by atoms with E-state index in [1.54, 1.807) is 0 Å². The average molecular weight is 251 g/mol. The van der Waals surface area contributed by atoms with Crippen LogP contribution in [0.25, 0.3) is 0 Å². The number of unbranched alkanes of at least 4 members (excludes halogenated alkanes) is 8. The summed E-state index contributed by atoms with van der Waals surface area (Å²) >= 11 is 0. The molecule has 0 aromatic rings. The van der Waals surface area contributed by atoms with Crippen molar-refractivity contribution in [1.29, 1.82) is 0 Å². The van der Waals surface area contributed by atoms with E-state index < -0.39 is 0 Å². The Bertz CT molecular complexity index is 184. The molecular weight excluding hydrogens is 218 g/mol. The molecule has 1 heteroatoms. The SMILES string of the molecule is CCCCCCC=CN(C)C=CCCCCCC. The second-order valence-electron chi connectivity index (χ2n) is 5.13. The van der Waals surface area contributed by atoms with Crippen LogP contribution in [0.1, 0.15) is 78.1 Å². The first-order valence-electron chi connectivity index (χ1n) is 7.86. The molecule has 0 saturated carbocycles. The van der Waals surface area contributed by atoms with Crippen LogP contribution in [-0.2, 0) is 0 Å². The molecular formula is C17H33N. The zero-order valence-electron chi connectivity index (χ0n) is 12.8. The van der Waals surface area contributed by atoms with Crippen molar-refractivity contribution in [3.8, 4) is 0 Å². The monoisotopic (exact) mass is 251 g/mol. The topological polar surface area (TPSA) is 3.24 Å². The summed E-state index contributed by atoms with van der Waals surface area (Å²) in [4.78, 5) is 2.17. The molecule has 0 unspecified atom stereocenters. The predicted molar refractivity (Wildman–Crippen MR) is 83.6 cm³/mol. The Kier molecular flexibility index (Phi) is 13.8. The molecule has 0 aromatic carbocycles. The van der Waals surface area contributed by atoms with Gasteiger partial charge in [0.1, 0.15) is 0 Å². The van der Waals surface area contributed by atoms with Gasteiger partial charge in [0.05, 0.1) is 0 Å². The molecule has 0 aliphatic carbocycles. The van der Waals surface area contributed by atoms with Crippen LogP contribution in [0.5, 0.6) is 0 Å². The lowest BCUT2D eigenvalue weighted by molar-refractivity contribution is 0.608. The Balaban J connectivity index is 3.41. The Morgan fingerprint density at radius 2 is 1.11 bits per heavy atom. The molecule has 18 heavy (non-hydrogen) atoms. The van der Waals surface area contributed by atoms with E-state index in [9.17, 15) is 0 Å². The molecule has 0 aliphatic heterocycles. The van der Waals surface area contributed by atoms with Crippen LogP contribution in [0, 0.1) is 0 Å². The van der Waals surface area contributed by atoms with Gasteiger partial charge in [-0.15, -0.1) is 0 Å². The van der Waals surface area contributed by atoms with Crippen LogP contribution in [0.15, 0.2) is 24.6 Å². The first-order chi connectivity index (χ1) is 8.81. The largest absolute Gasteiger partial charge is 0.358 e. The molecule has 0 heterocycles. The van der Waals surface area contributed by atoms with Gasteiger partial charge in [-0.3, -0.25) is 0 Å². The van der Waals surface area contributed by atoms with Gasteiger partial charge in [0.25, 0.3) is 0 Å². The van der Waals surface area contributed by atoms with E-state index in [0.717, 1.165) is 0 Å². The Hall–Kier alpha value is -0.720. The minimum absolute atomic E-state index is 1.22. The summed E-state index contributed by atoms with van der Waals surface area (Å²) in [7, 11) is 2.12. The molecule has 0 radical (unpaired) electrons. The highest BCUT2D eigenvalue weighted by Gasteiger charge is 1.87. The van der Waals surface area contributed by atoms with E-state index in [0.29, 0.717) is 0 Å². The zero-order chi connectivity index (χ0) is 13.5. The lowest BCUT2D eigenvalue weighted by Crippen LogP contribution is -1.99. The molecule has 0 amide bonds. The van der Waals surface area contributed by atoms with E-state index in [4.69, 9.17) is 0 Å². The third-order valence-corrected chi connectivity index (χ3v) is 3.13. The van der Waals surface area contributed by atoms with E-state index in [1.807, 2.05) is 0 Å². The summed E-state index contributed by atoms with van der Waals surface area (Å²) in [5.41, 5.74) is 0. The van der Waals surface area contributed by atoms with Crippen LogP contribution in [-0.4, -0.2) is 11.9 Å². The van der Waals surface area contributed by atoms with Crippen molar-refractivity contribution in [2.75, 3.05) is 7.05 Å². The van der Waals surface area contributed by atoms with Gasteiger partial charge < -0.3 is 4.90 Å². The van der Waals surface area contributed by atoms with Gasteiger partial charge in [-0.1, -0.05) is 64.5 Å². The third-order valence-electron chi connectivity index (χ3n) is 3.13. The number of hydrogen-bond donors (Lipinski definition) is 0. The van der Waals surface area contributed by atoms with Crippen molar-refractivity contribution in [3.05, 3.63) is 24.6 Å². The lowest BCUT2D eigenvalue weighted by Gasteiger charge is -2.06. The van der Waals surface area contributed by atoms with Crippen LogP contribution in [0.4, 0.5) is 0 Å². The highest BCUT2D eigenvalue weighted by atomic mass is 15.0. The summed E-state index contributed by atoms with van der Waals surface area (Å²) in [5, 5.41) is 0. The molecule has 0 bridgehead atoms. The van der Waals surface area contributed by atoms with Crippen LogP contribution in [0.3, 0.4) is 0 Å². The van der Waals surface area contributed by atoms with Crippen LogP contribution < -0.4 is 0 Å². The number of nitrogens with zero attached hydrogens (tertiary/aromatic N) is 1. The van der Waals surface area contributed by atoms with Crippen LogP contribution in [0.2, 0.25) is 0 Å². The van der Waals surface area contributed by atoms with Gasteiger partial charge in [0.2, 0.25) is 0 Å². The minimum Gasteiger partial charge on any atom is -0.358 e. The zero-order valence-corrected chi connectivity index (χ0v) is 12.8. The van der Waals surface area contributed by atoms with E-state index in [2.05, 4.69) is 50.3 Å². The summed E-state index contributed by atoms with van der Waals surface area (Å²) < 4.78 is 0. The molecule has 0 atom stereocenters. The van der Waals surface area contributed by atoms with E-state index in [1.165, 1.54) is 64.2 Å². The summed E-state index contributed by atoms with van der Waals surface area (Å²) in [6.45, 7) is 4.52. The molecule has 0 fully saturated rings. The van der Waals surface area contributed by atoms with Gasteiger partial charge in [0, 0.05) is 7.05 Å². The first kappa shape index (κ1) is 17.3. The fourth-order valence-electron chi connectivity index (χ4n) is 1.91. The number of rotatable bonds is 12. The summed E-state index contributed by atoms with van der Waals surface area (Å²) in [5.74, 6) is 0. The highest BCUT2D eigenvalue weighted by Crippen LogP contribution is 2.05. The third kappa shape index (κ3) is 13.3. The second-order valence-corrected chi connectivity index (χ2v) is 5.13. The molecule has 0 aromatic heterocycles. The Labute approximate surface area is 115 Å². The molecule has 0 rings (SSSR count). The van der Waals surface area contributed by atoms with Crippen molar-refractivity contribution in [2.45, 2.75) is 78.1 Å². The molecule has 0 aliphatic rings. The predicted octanol–water partition coefficient (Wildman–Crippen LogP) is 5.89. The van der Waals surface area contributed by atoms with Crippen molar-refractivity contribution in [2.24, 2.45) is 0 Å². The maximum atomic E-state index is 2.29. The Morgan fingerprint density at radius 1 is 0.667 bits per heavy atom. The number of hydrogen-bond acceptors (Lipinski definition) is 1. The summed E-state index contributed by atoms with van der Waals surface area (Å²) in [6.07, 6.45) is 22.2. The van der Waals surface area contributed by atoms with Gasteiger partial charge in [-0.25, -0.2) is 0 Å². The van der Waals surface area contributed by atoms with Crippen molar-refractivity contribution in [3.63, 3.8) is 0 Å². The summed E-state index contributed by atoms with van der Waals surface area (Å²) in [6, 6.07) is 0. The smallest absolute Gasteiger partial charge is 0.0106 e. The molecule has 0 saturated heterocycles. The molecule has 106 valence electrons. The highest BCUT2D eigenvalue weighted by molar-refractivity contribution is 4.90.